The van der Waals surface area contributed by atoms with Gasteiger partial charge in [-0.15, -0.1) is 0 Å². The molecule has 2 saturated heterocycles. The Morgan fingerprint density at radius 3 is 2.54 bits per heavy atom. The highest BCUT2D eigenvalue weighted by Crippen LogP contribution is 2.32. The molecule has 10 nitrogen and oxygen atoms in total. The summed E-state index contributed by atoms with van der Waals surface area (Å²) in [5, 5.41) is 13.3. The van der Waals surface area contributed by atoms with Crippen molar-refractivity contribution in [2.45, 2.75) is 44.4 Å². The van der Waals surface area contributed by atoms with Crippen molar-refractivity contribution in [3.05, 3.63) is 106 Å². The van der Waals surface area contributed by atoms with Crippen LogP contribution in [0.4, 0.5) is 20.3 Å². The molecule has 6 rings (SSSR count). The molecule has 2 atom stereocenters. The number of hydrogen-bond donors (Lipinski definition) is 3. The van der Waals surface area contributed by atoms with Crippen LogP contribution in [-0.2, 0) is 0 Å². The van der Waals surface area contributed by atoms with Gasteiger partial charge in [-0.05, 0) is 88.3 Å². The molecule has 0 saturated carbocycles. The van der Waals surface area contributed by atoms with Crippen LogP contribution in [0, 0.1) is 23.5 Å². The summed E-state index contributed by atoms with van der Waals surface area (Å²) in [6, 6.07) is 13.6. The van der Waals surface area contributed by atoms with Gasteiger partial charge in [-0.25, -0.2) is 13.8 Å². The molecular weight excluding hydrogens is 618 g/mol. The number of nitrogen functional groups attached to an aromatic ring is 1. The molecule has 48 heavy (non-hydrogen) atoms. The second-order valence-electron chi connectivity index (χ2n) is 12.4. The van der Waals surface area contributed by atoms with Crippen molar-refractivity contribution >= 4 is 17.4 Å². The van der Waals surface area contributed by atoms with E-state index in [1.165, 1.54) is 71.6 Å². The molecule has 2 aromatic heterocycles. The lowest BCUT2D eigenvalue weighted by Gasteiger charge is -2.31. The minimum Gasteiger partial charge on any atom is -0.453 e. The Balaban J connectivity index is 1.17. The van der Waals surface area contributed by atoms with Crippen molar-refractivity contribution in [2.24, 2.45) is 0 Å². The Morgan fingerprint density at radius 1 is 1.06 bits per heavy atom. The molecule has 0 spiro atoms. The average Bonchev–Trinajstić information content (AvgIpc) is 3.73. The zero-order valence-corrected chi connectivity index (χ0v) is 26.6. The maximum absolute atomic E-state index is 15.3. The van der Waals surface area contributed by atoms with Gasteiger partial charge < -0.3 is 20.9 Å². The van der Waals surface area contributed by atoms with E-state index in [2.05, 4.69) is 31.9 Å². The Labute approximate surface area is 276 Å². The van der Waals surface area contributed by atoms with Gasteiger partial charge in [-0.1, -0.05) is 11.8 Å². The molecule has 12 heteroatoms. The standard InChI is InChI=1S/C36H36F2N6O4/c1-36(2,43-21-29(30(45)22-43)42-17-3-4-18-42)15-13-26-31(14-16-40-33(26)39)48-32-12-9-24(20-28(32)38)41-34(46)27-6-5-19-44(35(27)47)25-10-7-23(37)8-11-25/h5-12,14,16,19-20,29-30,45H,3-4,17-18,21-22H2,1-2H3,(H2,39,40)(H,41,46)/t29-,30+/m1/s1. The topological polar surface area (TPSA) is 126 Å². The van der Waals surface area contributed by atoms with E-state index in [1.807, 2.05) is 13.8 Å². The third-order valence-electron chi connectivity index (χ3n) is 8.80. The van der Waals surface area contributed by atoms with Crippen LogP contribution in [0.3, 0.4) is 0 Å². The number of aliphatic hydroxyl groups excluding tert-OH is 1. The fourth-order valence-electron chi connectivity index (χ4n) is 6.07. The van der Waals surface area contributed by atoms with Crippen molar-refractivity contribution in [2.75, 3.05) is 37.2 Å². The largest absolute Gasteiger partial charge is 0.453 e. The van der Waals surface area contributed by atoms with Crippen LogP contribution in [0.2, 0.25) is 0 Å². The summed E-state index contributed by atoms with van der Waals surface area (Å²) in [7, 11) is 0. The fourth-order valence-corrected chi connectivity index (χ4v) is 6.07. The van der Waals surface area contributed by atoms with E-state index in [9.17, 15) is 19.1 Å². The number of pyridine rings is 2. The fraction of sp³-hybridized carbons (Fsp3) is 0.306. The van der Waals surface area contributed by atoms with Gasteiger partial charge in [-0.3, -0.25) is 24.0 Å². The normalized spacial score (nSPS) is 18.4. The molecule has 4 heterocycles. The van der Waals surface area contributed by atoms with Crippen molar-refractivity contribution < 1.29 is 23.4 Å². The van der Waals surface area contributed by atoms with Crippen LogP contribution in [-0.4, -0.2) is 74.2 Å². The number of halogens is 2. The lowest BCUT2D eigenvalue weighted by molar-refractivity contribution is 0.0968. The van der Waals surface area contributed by atoms with Crippen LogP contribution in [0.1, 0.15) is 42.6 Å². The van der Waals surface area contributed by atoms with Crippen LogP contribution in [0.5, 0.6) is 11.5 Å². The number of hydrogen-bond acceptors (Lipinski definition) is 8. The monoisotopic (exact) mass is 654 g/mol. The summed E-state index contributed by atoms with van der Waals surface area (Å²) in [4.78, 5) is 34.7. The maximum Gasteiger partial charge on any atom is 0.267 e. The molecule has 4 N–H and O–H groups in total. The number of carbonyl (C=O) groups is 1. The average molecular weight is 655 g/mol. The first-order chi connectivity index (χ1) is 23.0. The van der Waals surface area contributed by atoms with Gasteiger partial charge >= 0.3 is 0 Å². The number of nitrogens with one attached hydrogen (secondary N) is 1. The number of likely N-dealkylation sites (tertiary alicyclic amines) is 2. The van der Waals surface area contributed by atoms with Crippen molar-refractivity contribution in [3.8, 4) is 29.0 Å². The van der Waals surface area contributed by atoms with Gasteiger partial charge in [0.15, 0.2) is 11.6 Å². The zero-order chi connectivity index (χ0) is 34.0. The van der Waals surface area contributed by atoms with Crippen LogP contribution < -0.4 is 21.3 Å². The second-order valence-corrected chi connectivity index (χ2v) is 12.4. The first-order valence-corrected chi connectivity index (χ1v) is 15.7. The minimum atomic E-state index is -0.779. The third kappa shape index (κ3) is 6.94. The van der Waals surface area contributed by atoms with Gasteiger partial charge in [0.2, 0.25) is 0 Å². The number of aromatic nitrogens is 2. The summed E-state index contributed by atoms with van der Waals surface area (Å²) in [6.07, 6.45) is 4.72. The highest BCUT2D eigenvalue weighted by atomic mass is 19.1. The Bertz CT molecular complexity index is 1950. The predicted octanol–water partition coefficient (Wildman–Crippen LogP) is 4.41. The lowest BCUT2D eigenvalue weighted by Crippen LogP contribution is -2.44. The molecule has 4 aromatic rings. The minimum absolute atomic E-state index is 0.0690. The van der Waals surface area contributed by atoms with Crippen LogP contribution >= 0.6 is 0 Å². The number of nitrogens with two attached hydrogens (primary N) is 1. The van der Waals surface area contributed by atoms with Gasteiger partial charge in [0.05, 0.1) is 11.6 Å². The molecular formula is C36H36F2N6O4. The molecule has 0 aliphatic carbocycles. The highest BCUT2D eigenvalue weighted by molar-refractivity contribution is 6.04. The SMILES string of the molecule is CC(C)(C#Cc1c(Oc2ccc(NC(=O)c3cccn(-c4ccc(F)cc4)c3=O)cc2F)ccnc1N)N1C[C@@H](N2CCCC2)[C@@H](O)C1. The molecule has 0 bridgehead atoms. The molecule has 2 aliphatic rings. The maximum atomic E-state index is 15.3. The summed E-state index contributed by atoms with van der Waals surface area (Å²) in [5.74, 6) is 4.54. The van der Waals surface area contributed by atoms with E-state index < -0.39 is 34.7 Å². The molecule has 1 amide bonds. The van der Waals surface area contributed by atoms with E-state index in [4.69, 9.17) is 10.5 Å². The van der Waals surface area contributed by atoms with Crippen molar-refractivity contribution in [3.63, 3.8) is 0 Å². The molecule has 2 aliphatic heterocycles. The summed E-state index contributed by atoms with van der Waals surface area (Å²) in [5.41, 5.74) is 5.54. The second kappa shape index (κ2) is 13.6. The first kappa shape index (κ1) is 32.8. The quantitative estimate of drug-likeness (QED) is 0.251. The summed E-state index contributed by atoms with van der Waals surface area (Å²) >= 11 is 0. The van der Waals surface area contributed by atoms with E-state index in [0.29, 0.717) is 24.3 Å². The third-order valence-corrected chi connectivity index (χ3v) is 8.80. The predicted molar refractivity (Wildman–Crippen MR) is 178 cm³/mol. The number of carbonyl (C=O) groups excluding carboxylic acids is 1. The highest BCUT2D eigenvalue weighted by Gasteiger charge is 2.41. The molecule has 0 radical (unpaired) electrons. The number of amides is 1. The number of rotatable bonds is 7. The Morgan fingerprint density at radius 2 is 1.81 bits per heavy atom. The number of aliphatic hydroxyl groups is 1. The summed E-state index contributed by atoms with van der Waals surface area (Å²) < 4.78 is 35.8. The molecule has 2 aromatic carbocycles. The van der Waals surface area contributed by atoms with E-state index in [0.717, 1.165) is 32.0 Å². The van der Waals surface area contributed by atoms with E-state index in [-0.39, 0.29) is 34.6 Å². The molecule has 2 fully saturated rings. The van der Waals surface area contributed by atoms with Gasteiger partial charge in [0.1, 0.15) is 28.5 Å². The van der Waals surface area contributed by atoms with Crippen molar-refractivity contribution in [1.29, 1.82) is 0 Å². The smallest absolute Gasteiger partial charge is 0.267 e. The van der Waals surface area contributed by atoms with E-state index >= 15 is 4.39 Å². The first-order valence-electron chi connectivity index (χ1n) is 15.7. The number of benzene rings is 2. The molecule has 0 unspecified atom stereocenters. The molecule has 248 valence electrons. The van der Waals surface area contributed by atoms with Gasteiger partial charge in [-0.2, -0.15) is 0 Å². The Kier molecular flexibility index (Phi) is 9.28. The van der Waals surface area contributed by atoms with Crippen LogP contribution in [0.15, 0.2) is 77.9 Å². The van der Waals surface area contributed by atoms with Gasteiger partial charge in [0, 0.05) is 55.0 Å². The van der Waals surface area contributed by atoms with E-state index in [1.54, 1.807) is 0 Å². The van der Waals surface area contributed by atoms with Crippen LogP contribution in [0.25, 0.3) is 5.69 Å². The van der Waals surface area contributed by atoms with Gasteiger partial charge in [0.25, 0.3) is 11.5 Å². The van der Waals surface area contributed by atoms with Crippen molar-refractivity contribution in [1.82, 2.24) is 19.4 Å². The lowest BCUT2D eigenvalue weighted by atomic mass is 10.0. The number of nitrogens with zero attached hydrogens (tertiary/aromatic N) is 4. The summed E-state index contributed by atoms with van der Waals surface area (Å²) in [6.45, 7) is 7.13. The number of β-amino-alcohol motifs (C(OH)–C–C–N with tert-alkyl or cyclic N) is 1. The number of ether oxygens (including phenoxy) is 1. The number of anilines is 2. The Hall–Kier alpha value is -5.09. The zero-order valence-electron chi connectivity index (χ0n) is 26.6.